The van der Waals surface area contributed by atoms with Gasteiger partial charge in [-0.1, -0.05) is 26.8 Å². The van der Waals surface area contributed by atoms with E-state index in [-0.39, 0.29) is 25.3 Å². The van der Waals surface area contributed by atoms with Gasteiger partial charge in [-0.05, 0) is 29.5 Å². The second kappa shape index (κ2) is 7.42. The van der Waals surface area contributed by atoms with Gasteiger partial charge in [0.1, 0.15) is 0 Å². The molecule has 1 heterocycles. The van der Waals surface area contributed by atoms with Crippen molar-refractivity contribution in [1.82, 2.24) is 10.2 Å². The first-order chi connectivity index (χ1) is 12.4. The van der Waals surface area contributed by atoms with E-state index in [4.69, 9.17) is 5.73 Å². The van der Waals surface area contributed by atoms with E-state index in [1.54, 1.807) is 0 Å². The van der Waals surface area contributed by atoms with Crippen molar-refractivity contribution in [2.75, 3.05) is 13.6 Å². The highest BCUT2D eigenvalue weighted by molar-refractivity contribution is 5.78. The zero-order valence-electron chi connectivity index (χ0n) is 16.1. The van der Waals surface area contributed by atoms with E-state index in [2.05, 4.69) is 5.32 Å². The molecule has 8 heteroatoms. The molecule has 0 aliphatic carbocycles. The molecule has 1 aliphatic rings. The molecule has 1 unspecified atom stereocenters. The molecule has 1 saturated heterocycles. The number of likely N-dealkylation sites (tertiary alicyclic amines) is 1. The van der Waals surface area contributed by atoms with Gasteiger partial charge in [0.05, 0.1) is 12.0 Å². The minimum atomic E-state index is -1.16. The molecule has 4 N–H and O–H groups in total. The molecule has 150 valence electrons. The molecule has 0 bridgehead atoms. The molecule has 0 saturated carbocycles. The quantitative estimate of drug-likeness (QED) is 0.748. The molecule has 3 atom stereocenters. The summed E-state index contributed by atoms with van der Waals surface area (Å²) in [5.74, 6) is -2.65. The Morgan fingerprint density at radius 2 is 1.96 bits per heavy atom. The summed E-state index contributed by atoms with van der Waals surface area (Å²) in [4.78, 5) is 25.5. The predicted molar refractivity (Wildman–Crippen MR) is 97.3 cm³/mol. The maximum Gasteiger partial charge on any atom is 0.407 e. The van der Waals surface area contributed by atoms with Crippen molar-refractivity contribution >= 4 is 12.0 Å². The molecule has 0 spiro atoms. The Hall–Kier alpha value is -2.22. The Morgan fingerprint density at radius 1 is 1.33 bits per heavy atom. The summed E-state index contributed by atoms with van der Waals surface area (Å²) in [6, 6.07) is 3.00. The van der Waals surface area contributed by atoms with E-state index in [0.717, 1.165) is 12.1 Å². The molecule has 6 nitrogen and oxygen atoms in total. The first kappa shape index (κ1) is 21.1. The molecule has 1 aliphatic heterocycles. The fourth-order valence-electron chi connectivity index (χ4n) is 4.01. The van der Waals surface area contributed by atoms with Crippen molar-refractivity contribution in [2.24, 2.45) is 11.1 Å². The number of carboxylic acid groups (broad SMARTS) is 1. The summed E-state index contributed by atoms with van der Waals surface area (Å²) in [5, 5.41) is 12.4. The number of piperidine rings is 1. The SMILES string of the molecule is CNC(=O)CC1(C(C)(C)C)C[C@@H](c2ccc(F)c(F)c2)[C@H](N)CN1C(=O)O. The van der Waals surface area contributed by atoms with Gasteiger partial charge >= 0.3 is 6.09 Å². The maximum absolute atomic E-state index is 13.8. The van der Waals surface area contributed by atoms with Crippen LogP contribution in [0.4, 0.5) is 13.6 Å². The summed E-state index contributed by atoms with van der Waals surface area (Å²) < 4.78 is 27.1. The van der Waals surface area contributed by atoms with Crippen LogP contribution in [0.3, 0.4) is 0 Å². The zero-order valence-corrected chi connectivity index (χ0v) is 16.1. The number of nitrogens with one attached hydrogen (secondary N) is 1. The molecular formula is C19H27F2N3O3. The van der Waals surface area contributed by atoms with Gasteiger partial charge in [0.2, 0.25) is 5.91 Å². The zero-order chi connectivity index (χ0) is 20.6. The van der Waals surface area contributed by atoms with Crippen LogP contribution in [0.25, 0.3) is 0 Å². The van der Waals surface area contributed by atoms with Crippen LogP contribution in [0.2, 0.25) is 0 Å². The predicted octanol–water partition coefficient (Wildman–Crippen LogP) is 2.68. The standard InChI is InChI=1S/C19H27F2N3O3/c1-18(2,3)19(9-16(25)23-4)8-12(15(22)10-24(19)17(26)27)11-5-6-13(20)14(21)7-11/h5-7,12,15H,8-10,22H2,1-4H3,(H,23,25)(H,26,27)/t12-,15+,19?/m0/s1. The smallest absolute Gasteiger partial charge is 0.407 e. The lowest BCUT2D eigenvalue weighted by atomic mass is 9.62. The molecule has 1 fully saturated rings. The normalized spacial score (nSPS) is 26.0. The van der Waals surface area contributed by atoms with Crippen LogP contribution in [-0.2, 0) is 4.79 Å². The van der Waals surface area contributed by atoms with Crippen LogP contribution in [0.15, 0.2) is 18.2 Å². The van der Waals surface area contributed by atoms with E-state index >= 15 is 0 Å². The molecule has 2 rings (SSSR count). The van der Waals surface area contributed by atoms with Crippen molar-refractivity contribution < 1.29 is 23.5 Å². The summed E-state index contributed by atoms with van der Waals surface area (Å²) in [5.41, 5.74) is 5.08. The summed E-state index contributed by atoms with van der Waals surface area (Å²) in [6.07, 6.45) is -0.984. The highest BCUT2D eigenvalue weighted by Crippen LogP contribution is 2.49. The first-order valence-electron chi connectivity index (χ1n) is 8.84. The Labute approximate surface area is 157 Å². The number of amides is 2. The van der Waals surface area contributed by atoms with Crippen molar-refractivity contribution in [3.8, 4) is 0 Å². The molecule has 0 radical (unpaired) electrons. The number of hydrogen-bond acceptors (Lipinski definition) is 3. The minimum absolute atomic E-state index is 0.00669. The number of carbonyl (C=O) groups excluding carboxylic acids is 1. The van der Waals surface area contributed by atoms with Crippen LogP contribution in [0.5, 0.6) is 0 Å². The molecule has 0 aromatic heterocycles. The summed E-state index contributed by atoms with van der Waals surface area (Å²) in [7, 11) is 1.49. The third kappa shape index (κ3) is 3.90. The fourth-order valence-corrected chi connectivity index (χ4v) is 4.01. The molecule has 1 aromatic rings. The Balaban J connectivity index is 2.56. The number of rotatable bonds is 3. The van der Waals surface area contributed by atoms with E-state index < -0.39 is 40.6 Å². The molecule has 1 aromatic carbocycles. The van der Waals surface area contributed by atoms with Gasteiger partial charge in [0.15, 0.2) is 11.6 Å². The summed E-state index contributed by atoms with van der Waals surface area (Å²) >= 11 is 0. The van der Waals surface area contributed by atoms with Crippen LogP contribution in [0.1, 0.15) is 45.1 Å². The van der Waals surface area contributed by atoms with Crippen molar-refractivity contribution in [2.45, 2.75) is 51.1 Å². The lowest BCUT2D eigenvalue weighted by Crippen LogP contribution is -2.67. The number of nitrogens with two attached hydrogens (primary N) is 1. The Bertz CT molecular complexity index is 735. The number of halogens is 2. The average molecular weight is 383 g/mol. The molecule has 27 heavy (non-hydrogen) atoms. The third-order valence-electron chi connectivity index (χ3n) is 5.72. The molecular weight excluding hydrogens is 356 g/mol. The monoisotopic (exact) mass is 383 g/mol. The summed E-state index contributed by atoms with van der Waals surface area (Å²) in [6.45, 7) is 5.59. The number of nitrogens with zero attached hydrogens (tertiary/aromatic N) is 1. The average Bonchev–Trinajstić information content (AvgIpc) is 2.57. The second-order valence-electron chi connectivity index (χ2n) is 8.17. The van der Waals surface area contributed by atoms with E-state index in [0.29, 0.717) is 5.56 Å². The lowest BCUT2D eigenvalue weighted by molar-refractivity contribution is -0.128. The van der Waals surface area contributed by atoms with Crippen LogP contribution < -0.4 is 11.1 Å². The van der Waals surface area contributed by atoms with Crippen LogP contribution >= 0.6 is 0 Å². The third-order valence-corrected chi connectivity index (χ3v) is 5.72. The lowest BCUT2D eigenvalue weighted by Gasteiger charge is -2.56. The van der Waals surface area contributed by atoms with E-state index in [1.165, 1.54) is 18.0 Å². The van der Waals surface area contributed by atoms with Gasteiger partial charge in [0, 0.05) is 25.6 Å². The number of carbonyl (C=O) groups is 2. The second-order valence-corrected chi connectivity index (χ2v) is 8.17. The maximum atomic E-state index is 13.8. The van der Waals surface area contributed by atoms with Gasteiger partial charge in [-0.25, -0.2) is 13.6 Å². The van der Waals surface area contributed by atoms with Crippen molar-refractivity contribution in [3.05, 3.63) is 35.4 Å². The molecule has 2 amide bonds. The van der Waals surface area contributed by atoms with Crippen LogP contribution in [0, 0.1) is 17.0 Å². The van der Waals surface area contributed by atoms with Gasteiger partial charge in [-0.3, -0.25) is 4.79 Å². The minimum Gasteiger partial charge on any atom is -0.465 e. The Morgan fingerprint density at radius 3 is 2.44 bits per heavy atom. The van der Waals surface area contributed by atoms with Gasteiger partial charge in [-0.15, -0.1) is 0 Å². The highest BCUT2D eigenvalue weighted by Gasteiger charge is 2.55. The number of hydrogen-bond donors (Lipinski definition) is 3. The van der Waals surface area contributed by atoms with Gasteiger partial charge < -0.3 is 21.1 Å². The fraction of sp³-hybridized carbons (Fsp3) is 0.579. The van der Waals surface area contributed by atoms with Crippen LogP contribution in [-0.4, -0.2) is 47.2 Å². The van der Waals surface area contributed by atoms with Gasteiger partial charge in [0.25, 0.3) is 0 Å². The van der Waals surface area contributed by atoms with Gasteiger partial charge in [-0.2, -0.15) is 0 Å². The Kier molecular flexibility index (Phi) is 5.79. The van der Waals surface area contributed by atoms with E-state index in [1.807, 2.05) is 20.8 Å². The number of benzene rings is 1. The first-order valence-corrected chi connectivity index (χ1v) is 8.84. The van der Waals surface area contributed by atoms with Crippen molar-refractivity contribution in [3.63, 3.8) is 0 Å². The topological polar surface area (TPSA) is 95.7 Å². The van der Waals surface area contributed by atoms with Crippen molar-refractivity contribution in [1.29, 1.82) is 0 Å². The van der Waals surface area contributed by atoms with E-state index in [9.17, 15) is 23.5 Å². The largest absolute Gasteiger partial charge is 0.465 e. The highest BCUT2D eigenvalue weighted by atomic mass is 19.2.